The number of hydrogen-bond acceptors (Lipinski definition) is 3. The lowest BCUT2D eigenvalue weighted by Gasteiger charge is -2.09. The SMILES string of the molecule is c1cc(-c2cccc(-c3ccc4sc5ccc(-c6ccc7sc8ccccc8c7c6)cc5c4c3)c2)cc(-c2ccc3sc4ccccc4c3c2)c1. The van der Waals surface area contributed by atoms with Crippen molar-refractivity contribution in [2.75, 3.05) is 0 Å². The van der Waals surface area contributed by atoms with Gasteiger partial charge in [0.15, 0.2) is 0 Å². The number of fused-ring (bicyclic) bond motifs is 9. The lowest BCUT2D eigenvalue weighted by Crippen LogP contribution is -1.84. The fourth-order valence-electron chi connectivity index (χ4n) is 7.70. The fraction of sp³-hybridized carbons (Fsp3) is 0. The molecule has 8 aromatic carbocycles. The van der Waals surface area contributed by atoms with Gasteiger partial charge in [0, 0.05) is 60.5 Å². The molecule has 11 aromatic rings. The standard InChI is InChI=1S/C48H28S3/c1-3-13-43-37(11-1)39-25-33(15-19-45(39)49-43)31-9-5-7-29(23-31)30-8-6-10-32(24-30)34-16-21-47-41(27-34)42-28-36(18-22-48(42)51-47)35-17-20-46-40(26-35)38-12-2-4-14-44(38)50-46/h1-28H. The van der Waals surface area contributed by atoms with Crippen LogP contribution >= 0.6 is 34.0 Å². The molecule has 0 aliphatic carbocycles. The van der Waals surface area contributed by atoms with E-state index in [-0.39, 0.29) is 0 Å². The van der Waals surface area contributed by atoms with Gasteiger partial charge in [-0.05, 0) is 117 Å². The van der Waals surface area contributed by atoms with E-state index in [4.69, 9.17) is 0 Å². The summed E-state index contributed by atoms with van der Waals surface area (Å²) in [4.78, 5) is 0. The minimum absolute atomic E-state index is 1.23. The third-order valence-corrected chi connectivity index (χ3v) is 13.7. The molecule has 0 spiro atoms. The maximum atomic E-state index is 2.39. The van der Waals surface area contributed by atoms with Crippen LogP contribution in [0, 0.1) is 0 Å². The zero-order valence-corrected chi connectivity index (χ0v) is 29.8. The molecule has 238 valence electrons. The molecule has 0 unspecified atom stereocenters. The van der Waals surface area contributed by atoms with E-state index in [1.807, 2.05) is 34.0 Å². The van der Waals surface area contributed by atoms with Crippen molar-refractivity contribution in [2.24, 2.45) is 0 Å². The lowest BCUT2D eigenvalue weighted by molar-refractivity contribution is 1.59. The van der Waals surface area contributed by atoms with Crippen molar-refractivity contribution in [3.05, 3.63) is 170 Å². The summed E-state index contributed by atoms with van der Waals surface area (Å²) in [6.07, 6.45) is 0. The summed E-state index contributed by atoms with van der Waals surface area (Å²) in [5.74, 6) is 0. The summed E-state index contributed by atoms with van der Waals surface area (Å²) in [6, 6.07) is 63.3. The van der Waals surface area contributed by atoms with E-state index >= 15 is 0 Å². The summed E-state index contributed by atoms with van der Waals surface area (Å²) in [6.45, 7) is 0. The molecule has 3 heteroatoms. The molecule has 0 aliphatic heterocycles. The first-order valence-electron chi connectivity index (χ1n) is 17.2. The Morgan fingerprint density at radius 3 is 0.824 bits per heavy atom. The molecular formula is C48H28S3. The molecule has 0 atom stereocenters. The Kier molecular flexibility index (Phi) is 6.57. The van der Waals surface area contributed by atoms with Gasteiger partial charge in [0.05, 0.1) is 0 Å². The molecule has 0 bridgehead atoms. The van der Waals surface area contributed by atoms with E-state index in [0.29, 0.717) is 0 Å². The Bertz CT molecular complexity index is 3150. The molecule has 0 fully saturated rings. The van der Waals surface area contributed by atoms with Gasteiger partial charge in [0.2, 0.25) is 0 Å². The molecule has 0 amide bonds. The average molecular weight is 701 g/mol. The monoisotopic (exact) mass is 700 g/mol. The molecule has 3 aromatic heterocycles. The molecule has 0 nitrogen and oxygen atoms in total. The smallest absolute Gasteiger partial charge is 0.0355 e. The van der Waals surface area contributed by atoms with Gasteiger partial charge in [-0.15, -0.1) is 34.0 Å². The van der Waals surface area contributed by atoms with Gasteiger partial charge in [-0.25, -0.2) is 0 Å². The maximum Gasteiger partial charge on any atom is 0.0355 e. The second-order valence-electron chi connectivity index (χ2n) is 13.3. The number of hydrogen-bond donors (Lipinski definition) is 0. The second kappa shape index (κ2) is 11.5. The molecule has 0 radical (unpaired) electrons. The van der Waals surface area contributed by atoms with Crippen LogP contribution < -0.4 is 0 Å². The van der Waals surface area contributed by atoms with Crippen LogP contribution in [0.2, 0.25) is 0 Å². The second-order valence-corrected chi connectivity index (χ2v) is 16.6. The van der Waals surface area contributed by atoms with Crippen molar-refractivity contribution in [3.63, 3.8) is 0 Å². The predicted molar refractivity (Wildman–Crippen MR) is 227 cm³/mol. The minimum atomic E-state index is 1.23. The van der Waals surface area contributed by atoms with Gasteiger partial charge in [-0.1, -0.05) is 97.1 Å². The van der Waals surface area contributed by atoms with Gasteiger partial charge in [0.1, 0.15) is 0 Å². The summed E-state index contributed by atoms with van der Waals surface area (Å²) in [7, 11) is 0. The molecule has 11 rings (SSSR count). The van der Waals surface area contributed by atoms with Crippen LogP contribution in [-0.4, -0.2) is 0 Å². The summed E-state index contributed by atoms with van der Waals surface area (Å²) < 4.78 is 8.02. The van der Waals surface area contributed by atoms with Gasteiger partial charge in [-0.3, -0.25) is 0 Å². The van der Waals surface area contributed by atoms with Gasteiger partial charge < -0.3 is 0 Å². The van der Waals surface area contributed by atoms with Crippen LogP contribution in [0.25, 0.3) is 105 Å². The summed E-state index contributed by atoms with van der Waals surface area (Å²) in [5, 5.41) is 8.00. The van der Waals surface area contributed by atoms with E-state index in [0.717, 1.165) is 0 Å². The maximum absolute atomic E-state index is 2.39. The first-order valence-corrected chi connectivity index (χ1v) is 19.7. The Labute approximate surface area is 307 Å². The van der Waals surface area contributed by atoms with Crippen LogP contribution in [0.4, 0.5) is 0 Å². The zero-order chi connectivity index (χ0) is 33.5. The molecular weight excluding hydrogens is 673 g/mol. The van der Waals surface area contributed by atoms with Crippen molar-refractivity contribution in [2.45, 2.75) is 0 Å². The van der Waals surface area contributed by atoms with E-state index in [1.54, 1.807) is 0 Å². The normalized spacial score (nSPS) is 11.9. The Morgan fingerprint density at radius 2 is 0.471 bits per heavy atom. The van der Waals surface area contributed by atoms with Crippen molar-refractivity contribution in [1.29, 1.82) is 0 Å². The van der Waals surface area contributed by atoms with Crippen molar-refractivity contribution < 1.29 is 0 Å². The number of rotatable bonds is 4. The van der Waals surface area contributed by atoms with Gasteiger partial charge >= 0.3 is 0 Å². The highest BCUT2D eigenvalue weighted by Crippen LogP contribution is 2.42. The molecule has 3 heterocycles. The quantitative estimate of drug-likeness (QED) is 0.171. The minimum Gasteiger partial charge on any atom is -0.135 e. The lowest BCUT2D eigenvalue weighted by atomic mass is 9.95. The first kappa shape index (κ1) is 29.2. The Morgan fingerprint density at radius 1 is 0.196 bits per heavy atom. The zero-order valence-electron chi connectivity index (χ0n) is 27.4. The van der Waals surface area contributed by atoms with Crippen LogP contribution in [-0.2, 0) is 0 Å². The van der Waals surface area contributed by atoms with Crippen LogP contribution in [0.5, 0.6) is 0 Å². The van der Waals surface area contributed by atoms with Crippen molar-refractivity contribution >= 4 is 94.5 Å². The first-order chi connectivity index (χ1) is 25.2. The third-order valence-electron chi connectivity index (χ3n) is 10.3. The van der Waals surface area contributed by atoms with E-state index in [2.05, 4.69) is 170 Å². The number of thiophene rings is 3. The van der Waals surface area contributed by atoms with Gasteiger partial charge in [-0.2, -0.15) is 0 Å². The number of benzene rings is 8. The Hall–Kier alpha value is -5.58. The van der Waals surface area contributed by atoms with E-state index in [1.165, 1.54) is 105 Å². The summed E-state index contributed by atoms with van der Waals surface area (Å²) in [5.41, 5.74) is 9.95. The molecule has 0 saturated carbocycles. The predicted octanol–water partition coefficient (Wildman–Crippen LogP) is 15.5. The highest BCUT2D eigenvalue weighted by Gasteiger charge is 2.12. The third kappa shape index (κ3) is 4.85. The summed E-state index contributed by atoms with van der Waals surface area (Å²) >= 11 is 5.62. The molecule has 0 N–H and O–H groups in total. The molecule has 0 saturated heterocycles. The van der Waals surface area contributed by atoms with Crippen molar-refractivity contribution in [1.82, 2.24) is 0 Å². The van der Waals surface area contributed by atoms with Crippen LogP contribution in [0.1, 0.15) is 0 Å². The van der Waals surface area contributed by atoms with Crippen LogP contribution in [0.3, 0.4) is 0 Å². The fourth-order valence-corrected chi connectivity index (χ4v) is 10.9. The van der Waals surface area contributed by atoms with E-state index < -0.39 is 0 Å². The average Bonchev–Trinajstić information content (AvgIpc) is 3.88. The Balaban J connectivity index is 0.960. The topological polar surface area (TPSA) is 0 Å². The largest absolute Gasteiger partial charge is 0.135 e. The highest BCUT2D eigenvalue weighted by molar-refractivity contribution is 7.26. The highest BCUT2D eigenvalue weighted by atomic mass is 32.1. The van der Waals surface area contributed by atoms with Crippen molar-refractivity contribution in [3.8, 4) is 44.5 Å². The molecule has 0 aliphatic rings. The van der Waals surface area contributed by atoms with Gasteiger partial charge in [0.25, 0.3) is 0 Å². The van der Waals surface area contributed by atoms with E-state index in [9.17, 15) is 0 Å². The molecule has 51 heavy (non-hydrogen) atoms. The van der Waals surface area contributed by atoms with Crippen LogP contribution in [0.15, 0.2) is 170 Å².